The summed E-state index contributed by atoms with van der Waals surface area (Å²) in [6.07, 6.45) is 0.989. The Morgan fingerprint density at radius 3 is 2.84 bits per heavy atom. The topological polar surface area (TPSA) is 44.7 Å². The number of nitrogens with one attached hydrogen (secondary N) is 1. The van der Waals surface area contributed by atoms with Crippen LogP contribution in [0.2, 0.25) is 0 Å². The van der Waals surface area contributed by atoms with E-state index in [0.717, 1.165) is 45.0 Å². The zero-order chi connectivity index (χ0) is 12.4. The summed E-state index contributed by atoms with van der Waals surface area (Å²) in [5.41, 5.74) is 2.49. The van der Waals surface area contributed by atoms with Crippen LogP contribution < -0.4 is 10.1 Å². The predicted molar refractivity (Wildman–Crippen MR) is 77.2 cm³/mol. The first-order valence-corrected chi connectivity index (χ1v) is 6.70. The Bertz CT molecular complexity index is 422. The van der Waals surface area contributed by atoms with E-state index in [-0.39, 0.29) is 25.1 Å². The van der Waals surface area contributed by atoms with Crippen molar-refractivity contribution >= 4 is 12.4 Å². The van der Waals surface area contributed by atoms with Crippen LogP contribution in [0.1, 0.15) is 17.2 Å². The van der Waals surface area contributed by atoms with Gasteiger partial charge >= 0.3 is 0 Å². The molecule has 1 aromatic rings. The molecule has 2 aliphatic rings. The molecule has 0 amide bonds. The van der Waals surface area contributed by atoms with Crippen LogP contribution in [-0.2, 0) is 6.42 Å². The Hall–Kier alpha value is -0.810. The number of hydrogen-bond acceptors (Lipinski definition) is 4. The van der Waals surface area contributed by atoms with Gasteiger partial charge in [-0.2, -0.15) is 0 Å². The molecule has 2 aliphatic heterocycles. The standard InChI is InChI=1S/C14H20N2O2.ClH/c17-10-13(16-6-4-15-5-7-16)11-1-2-14-12(9-11)3-8-18-14;/h1-2,9,13,15,17H,3-8,10H2;1H/t13-;/m1./s1. The van der Waals surface area contributed by atoms with Crippen molar-refractivity contribution < 1.29 is 9.84 Å². The second-order valence-electron chi connectivity index (χ2n) is 4.95. The number of halogens is 1. The minimum Gasteiger partial charge on any atom is -0.493 e. The maximum atomic E-state index is 9.69. The smallest absolute Gasteiger partial charge is 0.122 e. The van der Waals surface area contributed by atoms with Gasteiger partial charge < -0.3 is 15.2 Å². The van der Waals surface area contributed by atoms with Gasteiger partial charge in [0.25, 0.3) is 0 Å². The van der Waals surface area contributed by atoms with Gasteiger partial charge in [-0.15, -0.1) is 12.4 Å². The molecular formula is C14H21ClN2O2. The van der Waals surface area contributed by atoms with Gasteiger partial charge in [-0.25, -0.2) is 0 Å². The van der Waals surface area contributed by atoms with Gasteiger partial charge in [0, 0.05) is 32.6 Å². The molecule has 0 aromatic heterocycles. The second-order valence-corrected chi connectivity index (χ2v) is 4.95. The first-order valence-electron chi connectivity index (χ1n) is 6.70. The molecule has 0 aliphatic carbocycles. The Balaban J connectivity index is 0.00000133. The number of aliphatic hydroxyl groups excluding tert-OH is 1. The summed E-state index contributed by atoms with van der Waals surface area (Å²) in [5, 5.41) is 13.0. The Kier molecular flexibility index (Phi) is 5.05. The summed E-state index contributed by atoms with van der Waals surface area (Å²) in [4.78, 5) is 2.36. The first kappa shape index (κ1) is 14.6. The zero-order valence-electron chi connectivity index (χ0n) is 11.0. The van der Waals surface area contributed by atoms with Crippen molar-refractivity contribution in [3.05, 3.63) is 29.3 Å². The third kappa shape index (κ3) is 3.03. The summed E-state index contributed by atoms with van der Waals surface area (Å²) in [6.45, 7) is 4.97. The fourth-order valence-corrected chi connectivity index (χ4v) is 2.84. The highest BCUT2D eigenvalue weighted by atomic mass is 35.5. The molecule has 1 aromatic carbocycles. The van der Waals surface area contributed by atoms with Crippen molar-refractivity contribution in [3.63, 3.8) is 0 Å². The highest BCUT2D eigenvalue weighted by Gasteiger charge is 2.23. The summed E-state index contributed by atoms with van der Waals surface area (Å²) in [5.74, 6) is 1.01. The lowest BCUT2D eigenvalue weighted by molar-refractivity contribution is 0.111. The van der Waals surface area contributed by atoms with E-state index in [1.165, 1.54) is 11.1 Å². The SMILES string of the molecule is Cl.OC[C@H](c1ccc2c(c1)CCO2)N1CCNCC1. The van der Waals surface area contributed by atoms with Crippen LogP contribution in [0, 0.1) is 0 Å². The zero-order valence-corrected chi connectivity index (χ0v) is 11.8. The summed E-state index contributed by atoms with van der Waals surface area (Å²) >= 11 is 0. The highest BCUT2D eigenvalue weighted by molar-refractivity contribution is 5.85. The number of rotatable bonds is 3. The molecule has 0 bridgehead atoms. The fraction of sp³-hybridized carbons (Fsp3) is 0.571. The molecule has 1 fully saturated rings. The highest BCUT2D eigenvalue weighted by Crippen LogP contribution is 2.30. The summed E-state index contributed by atoms with van der Waals surface area (Å²) < 4.78 is 5.53. The molecule has 3 rings (SSSR count). The molecule has 0 radical (unpaired) electrons. The van der Waals surface area contributed by atoms with E-state index in [4.69, 9.17) is 4.74 Å². The first-order chi connectivity index (χ1) is 8.88. The second kappa shape index (κ2) is 6.57. The average molecular weight is 285 g/mol. The normalized spacial score (nSPS) is 20.3. The number of benzene rings is 1. The number of nitrogens with zero attached hydrogens (tertiary/aromatic N) is 1. The average Bonchev–Trinajstić information content (AvgIpc) is 2.88. The van der Waals surface area contributed by atoms with Crippen molar-refractivity contribution in [1.29, 1.82) is 0 Å². The van der Waals surface area contributed by atoms with E-state index >= 15 is 0 Å². The molecule has 4 nitrogen and oxygen atoms in total. The molecule has 19 heavy (non-hydrogen) atoms. The van der Waals surface area contributed by atoms with Crippen LogP contribution in [0.25, 0.3) is 0 Å². The van der Waals surface area contributed by atoms with Gasteiger partial charge in [0.15, 0.2) is 0 Å². The van der Waals surface area contributed by atoms with Gasteiger partial charge in [-0.3, -0.25) is 4.90 Å². The van der Waals surface area contributed by atoms with E-state index in [0.29, 0.717) is 0 Å². The van der Waals surface area contributed by atoms with Crippen molar-refractivity contribution in [2.45, 2.75) is 12.5 Å². The lowest BCUT2D eigenvalue weighted by Crippen LogP contribution is -2.46. The Morgan fingerprint density at radius 2 is 2.11 bits per heavy atom. The van der Waals surface area contributed by atoms with E-state index < -0.39 is 0 Å². The molecular weight excluding hydrogens is 264 g/mol. The molecule has 1 atom stereocenters. The molecule has 2 heterocycles. The van der Waals surface area contributed by atoms with Crippen molar-refractivity contribution in [1.82, 2.24) is 10.2 Å². The van der Waals surface area contributed by atoms with Crippen LogP contribution >= 0.6 is 12.4 Å². The molecule has 0 spiro atoms. The van der Waals surface area contributed by atoms with E-state index in [2.05, 4.69) is 22.3 Å². The molecule has 106 valence electrons. The van der Waals surface area contributed by atoms with Crippen LogP contribution in [0.3, 0.4) is 0 Å². The van der Waals surface area contributed by atoms with Crippen LogP contribution in [0.5, 0.6) is 5.75 Å². The largest absolute Gasteiger partial charge is 0.493 e. The summed E-state index contributed by atoms with van der Waals surface area (Å²) in [6, 6.07) is 6.46. The minimum absolute atomic E-state index is 0. The van der Waals surface area contributed by atoms with Crippen LogP contribution in [0.15, 0.2) is 18.2 Å². The van der Waals surface area contributed by atoms with Gasteiger partial charge in [0.1, 0.15) is 5.75 Å². The number of ether oxygens (including phenoxy) is 1. The number of aliphatic hydroxyl groups is 1. The molecule has 5 heteroatoms. The maximum absolute atomic E-state index is 9.69. The monoisotopic (exact) mass is 284 g/mol. The number of fused-ring (bicyclic) bond motifs is 1. The van der Waals surface area contributed by atoms with Crippen molar-refractivity contribution in [2.75, 3.05) is 39.4 Å². The van der Waals surface area contributed by atoms with E-state index in [9.17, 15) is 5.11 Å². The van der Waals surface area contributed by atoms with Gasteiger partial charge in [0.05, 0.1) is 19.3 Å². The number of piperazine rings is 1. The lowest BCUT2D eigenvalue weighted by Gasteiger charge is -2.34. The molecule has 0 saturated carbocycles. The predicted octanol–water partition coefficient (Wildman–Crippen LogP) is 0.982. The van der Waals surface area contributed by atoms with Crippen LogP contribution in [-0.4, -0.2) is 49.4 Å². The van der Waals surface area contributed by atoms with E-state index in [1.54, 1.807) is 0 Å². The van der Waals surface area contributed by atoms with Gasteiger partial charge in [-0.1, -0.05) is 12.1 Å². The van der Waals surface area contributed by atoms with Crippen molar-refractivity contribution in [3.8, 4) is 5.75 Å². The minimum atomic E-state index is 0. The van der Waals surface area contributed by atoms with Crippen LogP contribution in [0.4, 0.5) is 0 Å². The maximum Gasteiger partial charge on any atom is 0.122 e. The summed E-state index contributed by atoms with van der Waals surface area (Å²) in [7, 11) is 0. The van der Waals surface area contributed by atoms with Gasteiger partial charge in [-0.05, 0) is 17.2 Å². The molecule has 0 unspecified atom stereocenters. The fourth-order valence-electron chi connectivity index (χ4n) is 2.84. The molecule has 1 saturated heterocycles. The third-order valence-corrected chi connectivity index (χ3v) is 3.86. The number of hydrogen-bond donors (Lipinski definition) is 2. The van der Waals surface area contributed by atoms with E-state index in [1.807, 2.05) is 6.07 Å². The Morgan fingerprint density at radius 1 is 1.32 bits per heavy atom. The molecule has 2 N–H and O–H groups in total. The third-order valence-electron chi connectivity index (χ3n) is 3.86. The van der Waals surface area contributed by atoms with Gasteiger partial charge in [0.2, 0.25) is 0 Å². The quantitative estimate of drug-likeness (QED) is 0.869. The Labute approximate surface area is 120 Å². The van der Waals surface area contributed by atoms with Crippen molar-refractivity contribution in [2.24, 2.45) is 0 Å². The lowest BCUT2D eigenvalue weighted by atomic mass is 10.0.